The summed E-state index contributed by atoms with van der Waals surface area (Å²) in [7, 11) is -0.770. The van der Waals surface area contributed by atoms with Crippen LogP contribution in [0.15, 0.2) is 11.4 Å². The molecule has 0 spiro atoms. The molecule has 96 valence electrons. The van der Waals surface area contributed by atoms with Crippen molar-refractivity contribution in [3.63, 3.8) is 0 Å². The van der Waals surface area contributed by atoms with Crippen molar-refractivity contribution in [3.05, 3.63) is 21.9 Å². The summed E-state index contributed by atoms with van der Waals surface area (Å²) in [6.45, 7) is 2.56. The van der Waals surface area contributed by atoms with E-state index in [0.717, 1.165) is 12.0 Å². The maximum Gasteiger partial charge on any atom is 0.346 e. The van der Waals surface area contributed by atoms with Crippen molar-refractivity contribution >= 4 is 28.1 Å². The molecule has 1 aromatic heterocycles. The monoisotopic (exact) mass is 275 g/mol. The van der Waals surface area contributed by atoms with Gasteiger partial charge in [-0.2, -0.15) is 0 Å². The van der Waals surface area contributed by atoms with Crippen molar-refractivity contribution in [2.75, 3.05) is 12.0 Å². The fourth-order valence-corrected chi connectivity index (χ4v) is 2.84. The molecule has 0 fully saturated rings. The van der Waals surface area contributed by atoms with Crippen LogP contribution in [0.25, 0.3) is 0 Å². The first-order valence-corrected chi connectivity index (χ1v) is 7.94. The molecule has 0 aliphatic carbocycles. The lowest BCUT2D eigenvalue weighted by atomic mass is 10.2. The maximum absolute atomic E-state index is 10.9. The largest absolute Gasteiger partial charge is 0.477 e. The molecule has 0 radical (unpaired) electrons. The van der Waals surface area contributed by atoms with Gasteiger partial charge in [0.1, 0.15) is 4.88 Å². The van der Waals surface area contributed by atoms with E-state index in [0.29, 0.717) is 17.2 Å². The highest BCUT2D eigenvalue weighted by atomic mass is 32.2. The van der Waals surface area contributed by atoms with Gasteiger partial charge in [-0.05, 0) is 30.4 Å². The molecule has 1 heterocycles. The summed E-state index contributed by atoms with van der Waals surface area (Å²) in [4.78, 5) is 11.3. The van der Waals surface area contributed by atoms with E-state index in [1.54, 1.807) is 11.6 Å². The van der Waals surface area contributed by atoms with Gasteiger partial charge >= 0.3 is 5.97 Å². The second kappa shape index (κ2) is 6.88. The summed E-state index contributed by atoms with van der Waals surface area (Å²) in [5.74, 6) is -0.206. The fourth-order valence-electron chi connectivity index (χ4n) is 1.39. The van der Waals surface area contributed by atoms with Gasteiger partial charge in [0.25, 0.3) is 0 Å². The van der Waals surface area contributed by atoms with Gasteiger partial charge in [0.2, 0.25) is 0 Å². The van der Waals surface area contributed by atoms with Gasteiger partial charge in [0.15, 0.2) is 0 Å². The molecule has 4 nitrogen and oxygen atoms in total. The van der Waals surface area contributed by atoms with Crippen LogP contribution in [-0.2, 0) is 17.3 Å². The first-order valence-electron chi connectivity index (χ1n) is 5.33. The number of carboxylic acids is 1. The molecule has 0 saturated heterocycles. The van der Waals surface area contributed by atoms with Gasteiger partial charge in [-0.15, -0.1) is 11.3 Å². The predicted molar refractivity (Wildman–Crippen MR) is 71.1 cm³/mol. The summed E-state index contributed by atoms with van der Waals surface area (Å²) in [5.41, 5.74) is 0.812. The van der Waals surface area contributed by atoms with Crippen LogP contribution in [0.5, 0.6) is 0 Å². The number of aromatic carboxylic acids is 1. The zero-order valence-electron chi connectivity index (χ0n) is 9.93. The number of hydrogen-bond donors (Lipinski definition) is 2. The lowest BCUT2D eigenvalue weighted by molar-refractivity contribution is 0.0701. The second-order valence-corrected chi connectivity index (χ2v) is 6.40. The lowest BCUT2D eigenvalue weighted by Crippen LogP contribution is -2.27. The molecule has 2 N–H and O–H groups in total. The van der Waals surface area contributed by atoms with Crippen molar-refractivity contribution in [1.29, 1.82) is 0 Å². The summed E-state index contributed by atoms with van der Waals surface area (Å²) in [5, 5.41) is 14.0. The molecule has 0 aliphatic rings. The molecule has 1 rings (SSSR count). The van der Waals surface area contributed by atoms with Gasteiger partial charge in [0.05, 0.1) is 0 Å². The van der Waals surface area contributed by atoms with Crippen LogP contribution in [0.1, 0.15) is 28.6 Å². The van der Waals surface area contributed by atoms with E-state index in [9.17, 15) is 9.00 Å². The highest BCUT2D eigenvalue weighted by Gasteiger charge is 2.12. The van der Waals surface area contributed by atoms with E-state index < -0.39 is 16.8 Å². The normalized spacial score (nSPS) is 14.5. The number of carboxylic acid groups (broad SMARTS) is 1. The molecule has 0 aromatic carbocycles. The summed E-state index contributed by atoms with van der Waals surface area (Å²) >= 11 is 1.24. The number of thiophene rings is 1. The molecule has 0 aliphatic heterocycles. The highest BCUT2D eigenvalue weighted by molar-refractivity contribution is 7.84. The quantitative estimate of drug-likeness (QED) is 0.795. The third-order valence-electron chi connectivity index (χ3n) is 2.42. The van der Waals surface area contributed by atoms with Crippen molar-refractivity contribution in [3.8, 4) is 0 Å². The Bertz CT molecular complexity index is 403. The first kappa shape index (κ1) is 14.3. The minimum atomic E-state index is -0.876. The van der Waals surface area contributed by atoms with Crippen LogP contribution in [0, 0.1) is 0 Å². The SMILES string of the molecule is CC(CCS(C)=O)NCc1ccsc1C(=O)O. The Balaban J connectivity index is 2.42. The minimum Gasteiger partial charge on any atom is -0.477 e. The molecule has 0 bridgehead atoms. The Kier molecular flexibility index (Phi) is 5.80. The summed E-state index contributed by atoms with van der Waals surface area (Å²) < 4.78 is 10.9. The van der Waals surface area contributed by atoms with Gasteiger partial charge in [-0.1, -0.05) is 0 Å². The molecule has 6 heteroatoms. The second-order valence-electron chi connectivity index (χ2n) is 3.93. The van der Waals surface area contributed by atoms with Crippen molar-refractivity contribution in [2.24, 2.45) is 0 Å². The predicted octanol–water partition coefficient (Wildman–Crippen LogP) is 1.69. The van der Waals surface area contributed by atoms with Gasteiger partial charge in [-0.3, -0.25) is 4.21 Å². The smallest absolute Gasteiger partial charge is 0.346 e. The number of hydrogen-bond acceptors (Lipinski definition) is 4. The van der Waals surface area contributed by atoms with E-state index in [1.165, 1.54) is 11.3 Å². The molecule has 1 aromatic rings. The molecular formula is C11H17NO3S2. The van der Waals surface area contributed by atoms with Crippen LogP contribution in [0.2, 0.25) is 0 Å². The molecule has 17 heavy (non-hydrogen) atoms. The average Bonchev–Trinajstić information content (AvgIpc) is 2.71. The fraction of sp³-hybridized carbons (Fsp3) is 0.545. The Morgan fingerprint density at radius 2 is 2.35 bits per heavy atom. The van der Waals surface area contributed by atoms with Crippen LogP contribution < -0.4 is 5.32 Å². The van der Waals surface area contributed by atoms with E-state index in [-0.39, 0.29) is 6.04 Å². The molecule has 2 unspecified atom stereocenters. The Morgan fingerprint density at radius 3 is 2.94 bits per heavy atom. The van der Waals surface area contributed by atoms with Crippen LogP contribution >= 0.6 is 11.3 Å². The summed E-state index contributed by atoms with van der Waals surface area (Å²) in [6, 6.07) is 2.06. The Hall–Kier alpha value is -0.720. The number of rotatable bonds is 7. The molecule has 0 saturated carbocycles. The molecule has 0 amide bonds. The standard InChI is InChI=1S/C11H17NO3S2/c1-8(4-6-17(2)15)12-7-9-3-5-16-10(9)11(13)14/h3,5,8,12H,4,6-7H2,1-2H3,(H,13,14). The van der Waals surface area contributed by atoms with Crippen LogP contribution in [-0.4, -0.2) is 33.3 Å². The third-order valence-corrected chi connectivity index (χ3v) is 4.18. The Morgan fingerprint density at radius 1 is 1.65 bits per heavy atom. The number of nitrogens with one attached hydrogen (secondary N) is 1. The van der Waals surface area contributed by atoms with Crippen LogP contribution in [0.4, 0.5) is 0 Å². The van der Waals surface area contributed by atoms with Crippen LogP contribution in [0.3, 0.4) is 0 Å². The highest BCUT2D eigenvalue weighted by Crippen LogP contribution is 2.16. The zero-order chi connectivity index (χ0) is 12.8. The minimum absolute atomic E-state index is 0.237. The topological polar surface area (TPSA) is 66.4 Å². The summed E-state index contributed by atoms with van der Waals surface area (Å²) in [6.07, 6.45) is 2.52. The van der Waals surface area contributed by atoms with E-state index in [1.807, 2.05) is 13.0 Å². The van der Waals surface area contributed by atoms with Crippen molar-refractivity contribution in [2.45, 2.75) is 25.9 Å². The molecule has 2 atom stereocenters. The molecular weight excluding hydrogens is 258 g/mol. The van der Waals surface area contributed by atoms with E-state index in [2.05, 4.69) is 5.32 Å². The maximum atomic E-state index is 10.9. The number of carbonyl (C=O) groups is 1. The Labute approximate surface area is 108 Å². The average molecular weight is 275 g/mol. The van der Waals surface area contributed by atoms with E-state index >= 15 is 0 Å². The zero-order valence-corrected chi connectivity index (χ0v) is 11.6. The van der Waals surface area contributed by atoms with Crippen molar-refractivity contribution < 1.29 is 14.1 Å². The van der Waals surface area contributed by atoms with Crippen molar-refractivity contribution in [1.82, 2.24) is 5.32 Å². The van der Waals surface area contributed by atoms with Gasteiger partial charge in [-0.25, -0.2) is 4.79 Å². The van der Waals surface area contributed by atoms with E-state index in [4.69, 9.17) is 5.11 Å². The third kappa shape index (κ3) is 4.97. The first-order chi connectivity index (χ1) is 8.00. The lowest BCUT2D eigenvalue weighted by Gasteiger charge is -2.12. The van der Waals surface area contributed by atoms with Gasteiger partial charge in [0, 0.05) is 35.4 Å². The van der Waals surface area contributed by atoms with Gasteiger partial charge < -0.3 is 10.4 Å².